The van der Waals surface area contributed by atoms with Crippen molar-refractivity contribution in [3.05, 3.63) is 76.2 Å². The van der Waals surface area contributed by atoms with Crippen LogP contribution in [0.4, 0.5) is 0 Å². The van der Waals surface area contributed by atoms with Crippen molar-refractivity contribution in [2.45, 2.75) is 6.54 Å². The highest BCUT2D eigenvalue weighted by Crippen LogP contribution is 2.14. The summed E-state index contributed by atoms with van der Waals surface area (Å²) in [5.41, 5.74) is 1.70. The molecular formula is C21H24ClN3O3S. The molecule has 0 spiro atoms. The van der Waals surface area contributed by atoms with E-state index in [4.69, 9.17) is 11.6 Å². The highest BCUT2D eigenvalue weighted by molar-refractivity contribution is 7.92. The second-order valence-electron chi connectivity index (χ2n) is 6.80. The van der Waals surface area contributed by atoms with Gasteiger partial charge in [-0.15, -0.1) is 0 Å². The lowest BCUT2D eigenvalue weighted by Crippen LogP contribution is -2.50. The average Bonchev–Trinajstić information content (AvgIpc) is 2.73. The van der Waals surface area contributed by atoms with Gasteiger partial charge in [0.25, 0.3) is 0 Å². The van der Waals surface area contributed by atoms with Crippen LogP contribution >= 0.6 is 11.6 Å². The van der Waals surface area contributed by atoms with Crippen LogP contribution in [0.2, 0.25) is 5.02 Å². The first-order chi connectivity index (χ1) is 13.9. The summed E-state index contributed by atoms with van der Waals surface area (Å²) >= 11 is 6.09. The maximum Gasteiger partial charge on any atom is 0.236 e. The monoisotopic (exact) mass is 433 g/mol. The third-order valence-corrected chi connectivity index (χ3v) is 6.66. The summed E-state index contributed by atoms with van der Waals surface area (Å²) in [6.07, 6.45) is 1.60. The Morgan fingerprint density at radius 1 is 1.00 bits per heavy atom. The largest absolute Gasteiger partial charge is 0.351 e. The van der Waals surface area contributed by atoms with Crippen LogP contribution in [-0.4, -0.2) is 56.3 Å². The number of amides is 1. The molecule has 0 bridgehead atoms. The highest BCUT2D eigenvalue weighted by Gasteiger charge is 2.25. The molecule has 0 unspecified atom stereocenters. The molecule has 1 aliphatic rings. The number of hydrogen-bond acceptors (Lipinski definition) is 4. The van der Waals surface area contributed by atoms with E-state index in [0.717, 1.165) is 11.1 Å². The second-order valence-corrected chi connectivity index (χ2v) is 9.03. The number of carbonyl (C=O) groups is 1. The van der Waals surface area contributed by atoms with Crippen LogP contribution in [0.15, 0.2) is 60.0 Å². The molecular weight excluding hydrogens is 410 g/mol. The highest BCUT2D eigenvalue weighted by atomic mass is 35.5. The minimum Gasteiger partial charge on any atom is -0.351 e. The molecule has 0 aromatic heterocycles. The summed E-state index contributed by atoms with van der Waals surface area (Å²) in [5, 5.41) is 4.72. The predicted octanol–water partition coefficient (Wildman–Crippen LogP) is 2.57. The van der Waals surface area contributed by atoms with Gasteiger partial charge >= 0.3 is 0 Å². The maximum absolute atomic E-state index is 12.5. The molecule has 8 heteroatoms. The van der Waals surface area contributed by atoms with Gasteiger partial charge in [0.15, 0.2) is 0 Å². The average molecular weight is 434 g/mol. The van der Waals surface area contributed by atoms with E-state index in [2.05, 4.69) is 5.32 Å². The molecule has 0 atom stereocenters. The number of nitrogens with one attached hydrogen (secondary N) is 1. The fourth-order valence-corrected chi connectivity index (χ4v) is 4.43. The number of sulfonamides is 1. The first kappa shape index (κ1) is 21.5. The van der Waals surface area contributed by atoms with Gasteiger partial charge in [0.2, 0.25) is 15.9 Å². The van der Waals surface area contributed by atoms with Crippen molar-refractivity contribution in [1.29, 1.82) is 0 Å². The predicted molar refractivity (Wildman–Crippen MR) is 116 cm³/mol. The van der Waals surface area contributed by atoms with Gasteiger partial charge in [-0.05, 0) is 23.3 Å². The van der Waals surface area contributed by atoms with Crippen molar-refractivity contribution in [2.75, 3.05) is 32.7 Å². The molecule has 1 amide bonds. The summed E-state index contributed by atoms with van der Waals surface area (Å²) in [7, 11) is -3.47. The molecule has 2 aromatic rings. The Balaban J connectivity index is 1.45. The quantitative estimate of drug-likeness (QED) is 0.728. The second kappa shape index (κ2) is 10.0. The van der Waals surface area contributed by atoms with E-state index in [1.165, 1.54) is 9.71 Å². The third-order valence-electron chi connectivity index (χ3n) is 4.72. The molecule has 1 fully saturated rings. The van der Waals surface area contributed by atoms with Gasteiger partial charge in [-0.25, -0.2) is 8.42 Å². The summed E-state index contributed by atoms with van der Waals surface area (Å²) < 4.78 is 26.5. The number of nitrogens with zero attached hydrogens (tertiary/aromatic N) is 2. The van der Waals surface area contributed by atoms with Crippen LogP contribution in [0.3, 0.4) is 0 Å². The van der Waals surface area contributed by atoms with Crippen LogP contribution in [0.25, 0.3) is 6.08 Å². The first-order valence-electron chi connectivity index (χ1n) is 9.40. The Kier molecular flexibility index (Phi) is 7.44. The van der Waals surface area contributed by atoms with E-state index in [9.17, 15) is 13.2 Å². The van der Waals surface area contributed by atoms with E-state index in [-0.39, 0.29) is 12.5 Å². The van der Waals surface area contributed by atoms with E-state index in [0.29, 0.717) is 37.7 Å². The molecule has 29 heavy (non-hydrogen) atoms. The van der Waals surface area contributed by atoms with E-state index < -0.39 is 10.0 Å². The van der Waals surface area contributed by atoms with Crippen LogP contribution in [0.5, 0.6) is 0 Å². The Morgan fingerprint density at radius 3 is 2.34 bits per heavy atom. The Morgan fingerprint density at radius 2 is 1.66 bits per heavy atom. The smallest absolute Gasteiger partial charge is 0.236 e. The van der Waals surface area contributed by atoms with Crippen molar-refractivity contribution >= 4 is 33.6 Å². The summed E-state index contributed by atoms with van der Waals surface area (Å²) in [5.74, 6) is -0.106. The zero-order valence-corrected chi connectivity index (χ0v) is 17.6. The van der Waals surface area contributed by atoms with Crippen LogP contribution in [0.1, 0.15) is 11.1 Å². The fraction of sp³-hybridized carbons (Fsp3) is 0.286. The molecule has 1 aliphatic heterocycles. The zero-order valence-electron chi connectivity index (χ0n) is 16.0. The van der Waals surface area contributed by atoms with E-state index in [1.807, 2.05) is 53.4 Å². The lowest BCUT2D eigenvalue weighted by molar-refractivity contribution is -0.122. The normalized spacial score (nSPS) is 16.2. The van der Waals surface area contributed by atoms with E-state index >= 15 is 0 Å². The fourth-order valence-electron chi connectivity index (χ4n) is 3.05. The minimum atomic E-state index is -3.47. The zero-order chi connectivity index (χ0) is 20.7. The van der Waals surface area contributed by atoms with Crippen molar-refractivity contribution in [3.63, 3.8) is 0 Å². The molecule has 3 rings (SSSR count). The number of benzene rings is 2. The van der Waals surface area contributed by atoms with Gasteiger partial charge in [-0.2, -0.15) is 4.31 Å². The van der Waals surface area contributed by atoms with Crippen LogP contribution in [-0.2, 0) is 21.4 Å². The van der Waals surface area contributed by atoms with Gasteiger partial charge in [-0.1, -0.05) is 60.1 Å². The van der Waals surface area contributed by atoms with Gasteiger partial charge in [0.05, 0.1) is 6.54 Å². The molecule has 0 aliphatic carbocycles. The summed E-state index contributed by atoms with van der Waals surface area (Å²) in [6, 6.07) is 16.7. The third kappa shape index (κ3) is 6.40. The molecule has 0 radical (unpaired) electrons. The number of halogens is 1. The summed E-state index contributed by atoms with van der Waals surface area (Å²) in [4.78, 5) is 14.1. The van der Waals surface area contributed by atoms with Gasteiger partial charge < -0.3 is 5.32 Å². The van der Waals surface area contributed by atoms with Crippen LogP contribution < -0.4 is 5.32 Å². The lowest BCUT2D eigenvalue weighted by Gasteiger charge is -2.32. The molecule has 6 nitrogen and oxygen atoms in total. The Bertz CT molecular complexity index is 956. The molecule has 1 N–H and O–H groups in total. The lowest BCUT2D eigenvalue weighted by atomic mass is 10.2. The minimum absolute atomic E-state index is 0.106. The Labute approximate surface area is 176 Å². The Hall–Kier alpha value is -2.19. The van der Waals surface area contributed by atoms with Crippen molar-refractivity contribution in [1.82, 2.24) is 14.5 Å². The number of hydrogen-bond donors (Lipinski definition) is 1. The molecule has 2 aromatic carbocycles. The van der Waals surface area contributed by atoms with Crippen molar-refractivity contribution in [2.24, 2.45) is 0 Å². The van der Waals surface area contributed by atoms with Gasteiger partial charge in [0, 0.05) is 43.2 Å². The van der Waals surface area contributed by atoms with Crippen molar-refractivity contribution in [3.8, 4) is 0 Å². The maximum atomic E-state index is 12.5. The first-order valence-corrected chi connectivity index (χ1v) is 11.3. The van der Waals surface area contributed by atoms with Gasteiger partial charge in [0.1, 0.15) is 0 Å². The molecule has 1 heterocycles. The van der Waals surface area contributed by atoms with Gasteiger partial charge in [-0.3, -0.25) is 9.69 Å². The molecule has 154 valence electrons. The summed E-state index contributed by atoms with van der Waals surface area (Å²) in [6.45, 7) is 2.35. The topological polar surface area (TPSA) is 69.7 Å². The standard InChI is InChI=1S/C21H24ClN3O3S/c22-20-9-5-4-8-19(20)16-23-21(26)17-24-11-13-25(14-12-24)29(27,28)15-10-18-6-2-1-3-7-18/h1-10,15H,11-14,16-17H2,(H,23,26)/b15-10+. The molecule has 0 saturated carbocycles. The van der Waals surface area contributed by atoms with Crippen LogP contribution in [0, 0.1) is 0 Å². The van der Waals surface area contributed by atoms with Crippen molar-refractivity contribution < 1.29 is 13.2 Å². The molecule has 1 saturated heterocycles. The number of rotatable bonds is 7. The number of piperazine rings is 1. The SMILES string of the molecule is O=C(CN1CCN(S(=O)(=O)/C=C/c2ccccc2)CC1)NCc1ccccc1Cl. The van der Waals surface area contributed by atoms with E-state index in [1.54, 1.807) is 12.1 Å². The number of carbonyl (C=O) groups excluding carboxylic acids is 1.